The molecule has 0 radical (unpaired) electrons. The number of aryl methyl sites for hydroxylation is 2. The fourth-order valence-electron chi connectivity index (χ4n) is 2.90. The Hall–Kier alpha value is -2.80. The van der Waals surface area contributed by atoms with E-state index in [4.69, 9.17) is 0 Å². The standard InChI is InChI=1S/C10H9BrN2O.C10H10N2O/c1-7-10(8(14)6-11)12-9-4-2-3-5-13(7)9;1-7-10(8(2)13)11-9-5-3-4-6-12(7)9/h2-5H,6H2,1H3;3-6H,1-2H3. The van der Waals surface area contributed by atoms with Crippen molar-refractivity contribution in [1.82, 2.24) is 18.8 Å². The molecule has 0 N–H and O–H groups in total. The fourth-order valence-corrected chi connectivity index (χ4v) is 3.16. The predicted octanol–water partition coefficient (Wildman–Crippen LogP) is 4.07. The summed E-state index contributed by atoms with van der Waals surface area (Å²) in [6.07, 6.45) is 3.81. The van der Waals surface area contributed by atoms with E-state index in [1.807, 2.05) is 71.4 Å². The second-order valence-corrected chi connectivity index (χ2v) is 6.62. The number of imidazole rings is 2. The average Bonchev–Trinajstić information content (AvgIpc) is 3.20. The Kier molecular flexibility index (Phi) is 5.51. The molecule has 0 bridgehead atoms. The zero-order valence-electron chi connectivity index (χ0n) is 15.3. The normalized spacial score (nSPS) is 10.7. The van der Waals surface area contributed by atoms with Crippen LogP contribution in [-0.4, -0.2) is 35.7 Å². The maximum atomic E-state index is 11.5. The number of alkyl halides is 1. The minimum absolute atomic E-state index is 0.0150. The molecular weight excluding hydrogens is 408 g/mol. The molecule has 138 valence electrons. The molecule has 0 spiro atoms. The van der Waals surface area contributed by atoms with Crippen molar-refractivity contribution in [2.45, 2.75) is 20.8 Å². The summed E-state index contributed by atoms with van der Waals surface area (Å²) >= 11 is 3.14. The average molecular weight is 427 g/mol. The monoisotopic (exact) mass is 426 g/mol. The first kappa shape index (κ1) is 19.0. The molecule has 0 aliphatic heterocycles. The van der Waals surface area contributed by atoms with Crippen LogP contribution in [-0.2, 0) is 0 Å². The van der Waals surface area contributed by atoms with Crippen molar-refractivity contribution in [2.75, 3.05) is 5.33 Å². The number of hydrogen-bond acceptors (Lipinski definition) is 4. The lowest BCUT2D eigenvalue weighted by Crippen LogP contribution is -2.02. The van der Waals surface area contributed by atoms with Crippen molar-refractivity contribution in [1.29, 1.82) is 0 Å². The first-order chi connectivity index (χ1) is 12.9. The van der Waals surface area contributed by atoms with E-state index < -0.39 is 0 Å². The summed E-state index contributed by atoms with van der Waals surface area (Å²) in [4.78, 5) is 31.1. The zero-order valence-corrected chi connectivity index (χ0v) is 16.9. The summed E-state index contributed by atoms with van der Waals surface area (Å²) in [7, 11) is 0. The van der Waals surface area contributed by atoms with Crippen molar-refractivity contribution in [2.24, 2.45) is 0 Å². The van der Waals surface area contributed by atoms with Gasteiger partial charge in [0.1, 0.15) is 22.7 Å². The van der Waals surface area contributed by atoms with Crippen LogP contribution in [0, 0.1) is 13.8 Å². The maximum absolute atomic E-state index is 11.5. The molecule has 4 heterocycles. The molecule has 6 nitrogen and oxygen atoms in total. The Labute approximate surface area is 165 Å². The molecule has 0 saturated heterocycles. The Balaban J connectivity index is 0.000000156. The molecule has 7 heteroatoms. The largest absolute Gasteiger partial charge is 0.304 e. The van der Waals surface area contributed by atoms with E-state index in [-0.39, 0.29) is 11.6 Å². The second-order valence-electron chi connectivity index (χ2n) is 6.06. The zero-order chi connectivity index (χ0) is 19.6. The number of pyridine rings is 2. The Morgan fingerprint density at radius 2 is 1.37 bits per heavy atom. The van der Waals surface area contributed by atoms with E-state index in [2.05, 4.69) is 25.9 Å². The maximum Gasteiger partial charge on any atom is 0.193 e. The van der Waals surface area contributed by atoms with E-state index in [0.29, 0.717) is 16.7 Å². The van der Waals surface area contributed by atoms with Gasteiger partial charge >= 0.3 is 0 Å². The quantitative estimate of drug-likeness (QED) is 0.365. The van der Waals surface area contributed by atoms with Gasteiger partial charge in [-0.05, 0) is 38.1 Å². The number of aromatic nitrogens is 4. The van der Waals surface area contributed by atoms with E-state index in [1.165, 1.54) is 6.92 Å². The number of carbonyl (C=O) groups is 2. The van der Waals surface area contributed by atoms with Gasteiger partial charge in [-0.2, -0.15) is 0 Å². The van der Waals surface area contributed by atoms with Crippen LogP contribution in [0.3, 0.4) is 0 Å². The van der Waals surface area contributed by atoms with Crippen LogP contribution in [0.15, 0.2) is 48.8 Å². The summed E-state index contributed by atoms with van der Waals surface area (Å²) < 4.78 is 3.83. The van der Waals surface area contributed by atoms with Gasteiger partial charge in [0.2, 0.25) is 0 Å². The fraction of sp³-hybridized carbons (Fsp3) is 0.200. The molecule has 4 aromatic rings. The lowest BCUT2D eigenvalue weighted by atomic mass is 10.3. The van der Waals surface area contributed by atoms with Crippen molar-refractivity contribution in [3.8, 4) is 0 Å². The number of hydrogen-bond donors (Lipinski definition) is 0. The number of ketones is 2. The highest BCUT2D eigenvalue weighted by Crippen LogP contribution is 2.13. The molecule has 0 amide bonds. The van der Waals surface area contributed by atoms with Crippen LogP contribution < -0.4 is 0 Å². The molecule has 0 fully saturated rings. The van der Waals surface area contributed by atoms with Crippen LogP contribution in [0.2, 0.25) is 0 Å². The van der Waals surface area contributed by atoms with Gasteiger partial charge in [-0.25, -0.2) is 9.97 Å². The van der Waals surface area contributed by atoms with Gasteiger partial charge in [-0.1, -0.05) is 28.1 Å². The van der Waals surface area contributed by atoms with Crippen molar-refractivity contribution >= 4 is 38.8 Å². The molecule has 0 aromatic carbocycles. The first-order valence-electron chi connectivity index (χ1n) is 8.41. The topological polar surface area (TPSA) is 68.7 Å². The molecule has 4 rings (SSSR count). The van der Waals surface area contributed by atoms with E-state index >= 15 is 0 Å². The number of rotatable bonds is 3. The van der Waals surface area contributed by atoms with Crippen LogP contribution in [0.4, 0.5) is 0 Å². The number of nitrogens with zero attached hydrogens (tertiary/aromatic N) is 4. The van der Waals surface area contributed by atoms with E-state index in [9.17, 15) is 9.59 Å². The first-order valence-corrected chi connectivity index (χ1v) is 9.53. The minimum atomic E-state index is 0.0150. The second kappa shape index (κ2) is 7.84. The Morgan fingerprint density at radius 1 is 0.889 bits per heavy atom. The van der Waals surface area contributed by atoms with Crippen LogP contribution in [0.1, 0.15) is 39.3 Å². The van der Waals surface area contributed by atoms with Gasteiger partial charge in [0, 0.05) is 19.3 Å². The number of Topliss-reactive ketones (excluding diaryl/α,β-unsaturated/α-hetero) is 2. The predicted molar refractivity (Wildman–Crippen MR) is 108 cm³/mol. The molecule has 4 aromatic heterocycles. The van der Waals surface area contributed by atoms with Gasteiger partial charge in [-0.3, -0.25) is 9.59 Å². The Bertz CT molecular complexity index is 1140. The highest BCUT2D eigenvalue weighted by atomic mass is 79.9. The van der Waals surface area contributed by atoms with Crippen LogP contribution in [0.25, 0.3) is 11.3 Å². The summed E-state index contributed by atoms with van der Waals surface area (Å²) in [6.45, 7) is 5.33. The lowest BCUT2D eigenvalue weighted by Gasteiger charge is -1.94. The summed E-state index contributed by atoms with van der Waals surface area (Å²) in [5.74, 6) is 0.0346. The van der Waals surface area contributed by atoms with Crippen LogP contribution >= 0.6 is 15.9 Å². The molecule has 0 aliphatic carbocycles. The molecule has 0 saturated carbocycles. The van der Waals surface area contributed by atoms with Gasteiger partial charge in [-0.15, -0.1) is 0 Å². The third kappa shape index (κ3) is 3.68. The van der Waals surface area contributed by atoms with Crippen molar-refractivity contribution in [3.63, 3.8) is 0 Å². The smallest absolute Gasteiger partial charge is 0.193 e. The van der Waals surface area contributed by atoms with Gasteiger partial charge in [0.15, 0.2) is 11.6 Å². The van der Waals surface area contributed by atoms with E-state index in [1.54, 1.807) is 0 Å². The summed E-state index contributed by atoms with van der Waals surface area (Å²) in [6, 6.07) is 11.4. The third-order valence-electron chi connectivity index (χ3n) is 4.26. The number of halogens is 1. The number of carbonyl (C=O) groups excluding carboxylic acids is 2. The third-order valence-corrected chi connectivity index (χ3v) is 4.77. The molecule has 0 unspecified atom stereocenters. The van der Waals surface area contributed by atoms with E-state index in [0.717, 1.165) is 22.7 Å². The summed E-state index contributed by atoms with van der Waals surface area (Å²) in [5, 5.41) is 0.317. The molecule has 0 aliphatic rings. The van der Waals surface area contributed by atoms with Crippen molar-refractivity contribution in [3.05, 3.63) is 71.6 Å². The Morgan fingerprint density at radius 3 is 1.81 bits per heavy atom. The van der Waals surface area contributed by atoms with Gasteiger partial charge in [0.25, 0.3) is 0 Å². The van der Waals surface area contributed by atoms with Gasteiger partial charge < -0.3 is 8.80 Å². The highest BCUT2D eigenvalue weighted by Gasteiger charge is 2.13. The number of fused-ring (bicyclic) bond motifs is 2. The molecule has 27 heavy (non-hydrogen) atoms. The van der Waals surface area contributed by atoms with Crippen LogP contribution in [0.5, 0.6) is 0 Å². The molecule has 0 atom stereocenters. The lowest BCUT2D eigenvalue weighted by molar-refractivity contribution is 0.100. The van der Waals surface area contributed by atoms with Gasteiger partial charge in [0.05, 0.1) is 16.7 Å². The summed E-state index contributed by atoms with van der Waals surface area (Å²) in [5.41, 5.74) is 4.55. The molecular formula is C20H19BrN4O2. The highest BCUT2D eigenvalue weighted by molar-refractivity contribution is 9.09. The van der Waals surface area contributed by atoms with Crippen molar-refractivity contribution < 1.29 is 9.59 Å². The SMILES string of the molecule is CC(=O)c1nc2ccccn2c1C.Cc1c(C(=O)CBr)nc2ccccn12. The minimum Gasteiger partial charge on any atom is -0.304 e.